The molecule has 4 rings (SSSR count). The molecule has 4 aromatic carbocycles. The molecule has 0 aliphatic carbocycles. The third kappa shape index (κ3) is 8.02. The Hall–Kier alpha value is -4.94. The summed E-state index contributed by atoms with van der Waals surface area (Å²) in [5.41, 5.74) is 4.72. The van der Waals surface area contributed by atoms with Crippen molar-refractivity contribution in [3.05, 3.63) is 144 Å². The summed E-state index contributed by atoms with van der Waals surface area (Å²) in [7, 11) is 0. The molecular weight excluding hydrogens is 492 g/mol. The Morgan fingerprint density at radius 1 is 0.615 bits per heavy atom. The summed E-state index contributed by atoms with van der Waals surface area (Å²) in [4.78, 5) is 35.4. The predicted octanol–water partition coefficient (Wildman–Crippen LogP) is 7.10. The maximum atomic E-state index is 12.4. The van der Waals surface area contributed by atoms with Crippen LogP contribution in [0.25, 0.3) is 12.2 Å². The van der Waals surface area contributed by atoms with Crippen LogP contribution in [0.3, 0.4) is 0 Å². The lowest BCUT2D eigenvalue weighted by Crippen LogP contribution is -2.10. The quantitative estimate of drug-likeness (QED) is 0.0859. The van der Waals surface area contributed by atoms with Crippen LogP contribution in [0, 0.1) is 0 Å². The molecule has 0 aliphatic heterocycles. The highest BCUT2D eigenvalue weighted by Crippen LogP contribution is 2.17. The first-order valence-electron chi connectivity index (χ1n) is 12.4. The molecule has 0 unspecified atom stereocenters. The zero-order chi connectivity index (χ0) is 27.5. The van der Waals surface area contributed by atoms with Gasteiger partial charge in [-0.25, -0.2) is 9.59 Å². The van der Waals surface area contributed by atoms with Gasteiger partial charge in [-0.15, -0.1) is 0 Å². The topological polar surface area (TPSA) is 71.1 Å². The molecule has 0 saturated carbocycles. The van der Waals surface area contributed by atoms with E-state index in [0.717, 1.165) is 22.3 Å². The third-order valence-electron chi connectivity index (χ3n) is 5.83. The number of benzene rings is 4. The summed E-state index contributed by atoms with van der Waals surface area (Å²) in [6, 6.07) is 28.4. The zero-order valence-corrected chi connectivity index (χ0v) is 21.4. The lowest BCUT2D eigenvalue weighted by Gasteiger charge is -2.08. The monoisotopic (exact) mass is 520 g/mol. The van der Waals surface area contributed by atoms with Crippen molar-refractivity contribution in [3.63, 3.8) is 0 Å². The van der Waals surface area contributed by atoms with Crippen molar-refractivity contribution in [3.8, 4) is 11.5 Å². The van der Waals surface area contributed by atoms with E-state index < -0.39 is 11.9 Å². The van der Waals surface area contributed by atoms with Crippen molar-refractivity contribution in [2.24, 2.45) is 0 Å². The minimum atomic E-state index is -0.484. The number of hydrogen-bond acceptors (Lipinski definition) is 6. The molecule has 0 atom stereocenters. The fourth-order valence-electron chi connectivity index (χ4n) is 3.55. The van der Waals surface area contributed by atoms with Gasteiger partial charge in [-0.3, -0.25) is 0 Å². The van der Waals surface area contributed by atoms with Crippen molar-refractivity contribution in [2.75, 3.05) is 6.61 Å². The van der Waals surface area contributed by atoms with Crippen LogP contribution in [0.15, 0.2) is 110 Å². The van der Waals surface area contributed by atoms with E-state index in [1.54, 1.807) is 72.8 Å². The van der Waals surface area contributed by atoms with Crippen molar-refractivity contribution < 1.29 is 28.8 Å². The Bertz CT molecular complexity index is 1400. The Balaban J connectivity index is 1.18. The number of rotatable bonds is 12. The average molecular weight is 521 g/mol. The molecule has 4 aromatic rings. The summed E-state index contributed by atoms with van der Waals surface area (Å²) in [6.07, 6.45) is 4.03. The molecule has 0 heterocycles. The van der Waals surface area contributed by atoms with Crippen molar-refractivity contribution >= 4 is 24.1 Å². The second-order valence-electron chi connectivity index (χ2n) is 8.56. The van der Waals surface area contributed by atoms with Gasteiger partial charge in [0.15, 0.2) is 5.75 Å². The van der Waals surface area contributed by atoms with Crippen LogP contribution in [0.5, 0.6) is 11.5 Å². The van der Waals surface area contributed by atoms with Gasteiger partial charge in [-0.2, -0.15) is 4.89 Å². The first-order chi connectivity index (χ1) is 19.0. The maximum Gasteiger partial charge on any atom is 0.343 e. The van der Waals surface area contributed by atoms with E-state index in [4.69, 9.17) is 19.2 Å². The summed E-state index contributed by atoms with van der Waals surface area (Å²) in [5.74, 6) is -0.0286. The van der Waals surface area contributed by atoms with E-state index >= 15 is 0 Å². The van der Waals surface area contributed by atoms with Gasteiger partial charge in [0.05, 0.1) is 17.7 Å². The first-order valence-corrected chi connectivity index (χ1v) is 12.4. The van der Waals surface area contributed by atoms with Gasteiger partial charge in [0.2, 0.25) is 0 Å². The molecule has 0 fully saturated rings. The molecule has 6 nitrogen and oxygen atoms in total. The summed E-state index contributed by atoms with van der Waals surface area (Å²) >= 11 is 0. The lowest BCUT2D eigenvalue weighted by molar-refractivity contribution is -0.217. The number of carbonyl (C=O) groups excluding carboxylic acids is 2. The summed E-state index contributed by atoms with van der Waals surface area (Å²) in [6.45, 7) is 7.96. The first kappa shape index (κ1) is 27.1. The van der Waals surface area contributed by atoms with Crippen molar-refractivity contribution in [1.29, 1.82) is 0 Å². The minimum Gasteiger partial charge on any atom is -0.462 e. The number of ether oxygens (including phenoxy) is 2. The molecule has 0 spiro atoms. The SMILES string of the molecule is C=Cc1ccc(COOc2ccc(CCOC(=O)c3ccc(OC(=O)c4ccc(C=C)cc4)cc3)cc2)cc1. The van der Waals surface area contributed by atoms with E-state index in [1.165, 1.54) is 0 Å². The van der Waals surface area contributed by atoms with Gasteiger partial charge in [-0.1, -0.05) is 73.8 Å². The second kappa shape index (κ2) is 13.6. The number of carbonyl (C=O) groups is 2. The summed E-state index contributed by atoms with van der Waals surface area (Å²) in [5, 5.41) is 0. The number of hydrogen-bond donors (Lipinski definition) is 0. The fraction of sp³-hybridized carbons (Fsp3) is 0.0909. The van der Waals surface area contributed by atoms with Crippen LogP contribution in [-0.2, 0) is 22.7 Å². The van der Waals surface area contributed by atoms with E-state index in [2.05, 4.69) is 13.2 Å². The largest absolute Gasteiger partial charge is 0.462 e. The Labute approximate surface area is 227 Å². The van der Waals surface area contributed by atoms with Crippen LogP contribution < -0.4 is 9.62 Å². The Kier molecular flexibility index (Phi) is 9.42. The van der Waals surface area contributed by atoms with Crippen molar-refractivity contribution in [2.45, 2.75) is 13.0 Å². The molecule has 0 N–H and O–H groups in total. The highest BCUT2D eigenvalue weighted by molar-refractivity contribution is 5.92. The van der Waals surface area contributed by atoms with Gasteiger partial charge < -0.3 is 14.4 Å². The smallest absolute Gasteiger partial charge is 0.343 e. The van der Waals surface area contributed by atoms with Gasteiger partial charge in [0, 0.05) is 6.42 Å². The van der Waals surface area contributed by atoms with E-state index in [9.17, 15) is 9.59 Å². The van der Waals surface area contributed by atoms with E-state index in [-0.39, 0.29) is 6.61 Å². The standard InChI is InChI=1S/C33H28O6/c1-3-24-5-7-27(8-6-24)23-37-39-31-17-11-26(12-18-31)21-22-36-32(34)28-15-19-30(20-16-28)38-33(35)29-13-9-25(4-2)10-14-29/h3-20H,1-2,21-23H2. The molecule has 6 heteroatoms. The average Bonchev–Trinajstić information content (AvgIpc) is 2.98. The van der Waals surface area contributed by atoms with Crippen molar-refractivity contribution in [1.82, 2.24) is 0 Å². The molecule has 0 aliphatic rings. The van der Waals surface area contributed by atoms with Crippen LogP contribution in [0.2, 0.25) is 0 Å². The van der Waals surface area contributed by atoms with Crippen LogP contribution in [0.1, 0.15) is 43.0 Å². The molecule has 196 valence electrons. The molecule has 0 aromatic heterocycles. The molecule has 0 bridgehead atoms. The fourth-order valence-corrected chi connectivity index (χ4v) is 3.55. The van der Waals surface area contributed by atoms with E-state index in [1.807, 2.05) is 36.4 Å². The van der Waals surface area contributed by atoms with Crippen LogP contribution in [-0.4, -0.2) is 18.5 Å². The lowest BCUT2D eigenvalue weighted by atomic mass is 10.1. The predicted molar refractivity (Wildman–Crippen MR) is 150 cm³/mol. The normalized spacial score (nSPS) is 10.4. The van der Waals surface area contributed by atoms with E-state index in [0.29, 0.717) is 35.7 Å². The molecule has 0 saturated heterocycles. The third-order valence-corrected chi connectivity index (χ3v) is 5.83. The minimum absolute atomic E-state index is 0.216. The Morgan fingerprint density at radius 2 is 1.13 bits per heavy atom. The Morgan fingerprint density at radius 3 is 1.74 bits per heavy atom. The molecular formula is C33H28O6. The van der Waals surface area contributed by atoms with Crippen LogP contribution >= 0.6 is 0 Å². The number of esters is 2. The second-order valence-corrected chi connectivity index (χ2v) is 8.56. The highest BCUT2D eigenvalue weighted by atomic mass is 17.2. The molecule has 0 radical (unpaired) electrons. The van der Waals surface area contributed by atoms with Gasteiger partial charge in [0.1, 0.15) is 12.4 Å². The zero-order valence-electron chi connectivity index (χ0n) is 21.4. The van der Waals surface area contributed by atoms with Gasteiger partial charge >= 0.3 is 11.9 Å². The molecule has 0 amide bonds. The maximum absolute atomic E-state index is 12.4. The van der Waals surface area contributed by atoms with Gasteiger partial charge in [-0.05, 0) is 70.8 Å². The van der Waals surface area contributed by atoms with Gasteiger partial charge in [0.25, 0.3) is 0 Å². The summed E-state index contributed by atoms with van der Waals surface area (Å²) < 4.78 is 10.8. The molecule has 39 heavy (non-hydrogen) atoms. The van der Waals surface area contributed by atoms with Crippen LogP contribution in [0.4, 0.5) is 0 Å². The highest BCUT2D eigenvalue weighted by Gasteiger charge is 2.11.